The van der Waals surface area contributed by atoms with Crippen LogP contribution in [0.15, 0.2) is 24.3 Å². The number of carbonyl (C=O) groups is 1. The van der Waals surface area contributed by atoms with Crippen molar-refractivity contribution in [2.45, 2.75) is 12.8 Å². The maximum Gasteiger partial charge on any atom is 0.166 e. The van der Waals surface area contributed by atoms with E-state index in [1.165, 1.54) is 12.1 Å². The van der Waals surface area contributed by atoms with Gasteiger partial charge >= 0.3 is 0 Å². The summed E-state index contributed by atoms with van der Waals surface area (Å²) in [5.74, 6) is -0.290. The lowest BCUT2D eigenvalue weighted by atomic mass is 9.97. The summed E-state index contributed by atoms with van der Waals surface area (Å²) < 4.78 is 18.4. The molecule has 1 unspecified atom stereocenters. The molecule has 1 aromatic carbocycles. The smallest absolute Gasteiger partial charge is 0.166 e. The summed E-state index contributed by atoms with van der Waals surface area (Å²) in [6.45, 7) is 1.34. The number of carbonyl (C=O) groups excluding carboxylic acids is 1. The molecular formula is C12H13FO2. The summed E-state index contributed by atoms with van der Waals surface area (Å²) in [5, 5.41) is 0. The molecule has 1 atom stereocenters. The standard InChI is InChI=1S/C12H13FO2/c13-11-4-2-1-3-10(11)12(14)7-9-5-6-15-8-9/h1-4,9H,5-8H2. The van der Waals surface area contributed by atoms with Crippen molar-refractivity contribution >= 4 is 5.78 Å². The van der Waals surface area contributed by atoms with Crippen molar-refractivity contribution in [3.05, 3.63) is 35.6 Å². The van der Waals surface area contributed by atoms with Gasteiger partial charge in [-0.1, -0.05) is 12.1 Å². The lowest BCUT2D eigenvalue weighted by Gasteiger charge is -2.06. The largest absolute Gasteiger partial charge is 0.381 e. The van der Waals surface area contributed by atoms with E-state index in [2.05, 4.69) is 0 Å². The highest BCUT2D eigenvalue weighted by Crippen LogP contribution is 2.20. The first kappa shape index (κ1) is 10.3. The van der Waals surface area contributed by atoms with Crippen LogP contribution in [0.1, 0.15) is 23.2 Å². The molecule has 1 saturated heterocycles. The first-order chi connectivity index (χ1) is 7.27. The zero-order valence-corrected chi connectivity index (χ0v) is 8.41. The molecule has 0 bridgehead atoms. The van der Waals surface area contributed by atoms with E-state index in [9.17, 15) is 9.18 Å². The number of ether oxygens (including phenoxy) is 1. The van der Waals surface area contributed by atoms with Gasteiger partial charge in [-0.2, -0.15) is 0 Å². The number of halogens is 1. The molecule has 2 rings (SSSR count). The van der Waals surface area contributed by atoms with Crippen molar-refractivity contribution in [3.63, 3.8) is 0 Å². The van der Waals surface area contributed by atoms with E-state index < -0.39 is 5.82 Å². The van der Waals surface area contributed by atoms with Crippen LogP contribution in [0.4, 0.5) is 4.39 Å². The first-order valence-corrected chi connectivity index (χ1v) is 5.13. The number of rotatable bonds is 3. The van der Waals surface area contributed by atoms with E-state index in [1.807, 2.05) is 0 Å². The zero-order valence-electron chi connectivity index (χ0n) is 8.41. The summed E-state index contributed by atoms with van der Waals surface area (Å²) in [4.78, 5) is 11.7. The van der Waals surface area contributed by atoms with Crippen molar-refractivity contribution in [1.82, 2.24) is 0 Å². The van der Waals surface area contributed by atoms with Crippen molar-refractivity contribution in [1.29, 1.82) is 0 Å². The van der Waals surface area contributed by atoms with Gasteiger partial charge < -0.3 is 4.74 Å². The van der Waals surface area contributed by atoms with Crippen LogP contribution in [0.2, 0.25) is 0 Å². The second-order valence-corrected chi connectivity index (χ2v) is 3.84. The van der Waals surface area contributed by atoms with Crippen molar-refractivity contribution < 1.29 is 13.9 Å². The fourth-order valence-electron chi connectivity index (χ4n) is 1.80. The Balaban J connectivity index is 2.04. The van der Waals surface area contributed by atoms with Crippen LogP contribution in [0, 0.1) is 11.7 Å². The summed E-state index contributed by atoms with van der Waals surface area (Å²) in [6, 6.07) is 6.12. The fourth-order valence-corrected chi connectivity index (χ4v) is 1.80. The van der Waals surface area contributed by atoms with Crippen molar-refractivity contribution in [2.24, 2.45) is 5.92 Å². The van der Waals surface area contributed by atoms with E-state index in [0.717, 1.165) is 13.0 Å². The third-order valence-corrected chi connectivity index (χ3v) is 2.67. The summed E-state index contributed by atoms with van der Waals surface area (Å²) in [5.41, 5.74) is 0.199. The molecule has 1 fully saturated rings. The highest BCUT2D eigenvalue weighted by Gasteiger charge is 2.21. The quantitative estimate of drug-likeness (QED) is 0.713. The highest BCUT2D eigenvalue weighted by molar-refractivity contribution is 5.96. The van der Waals surface area contributed by atoms with Crippen molar-refractivity contribution in [2.75, 3.05) is 13.2 Å². The molecule has 15 heavy (non-hydrogen) atoms. The Bertz CT molecular complexity index is 356. The Morgan fingerprint density at radius 3 is 2.93 bits per heavy atom. The molecule has 1 aliphatic heterocycles. The van der Waals surface area contributed by atoms with Crippen LogP contribution in [-0.4, -0.2) is 19.0 Å². The fraction of sp³-hybridized carbons (Fsp3) is 0.417. The summed E-state index contributed by atoms with van der Waals surface area (Å²) in [6.07, 6.45) is 1.29. The number of hydrogen-bond donors (Lipinski definition) is 0. The Morgan fingerprint density at radius 2 is 2.27 bits per heavy atom. The van der Waals surface area contributed by atoms with Gasteiger partial charge in [0.1, 0.15) is 5.82 Å². The second kappa shape index (κ2) is 4.53. The van der Waals surface area contributed by atoms with Gasteiger partial charge in [0.15, 0.2) is 5.78 Å². The molecule has 0 aliphatic carbocycles. The minimum absolute atomic E-state index is 0.122. The van der Waals surface area contributed by atoms with Crippen LogP contribution < -0.4 is 0 Å². The predicted molar refractivity (Wildman–Crippen MR) is 54.3 cm³/mol. The number of hydrogen-bond acceptors (Lipinski definition) is 2. The molecule has 1 heterocycles. The van der Waals surface area contributed by atoms with E-state index in [0.29, 0.717) is 13.0 Å². The topological polar surface area (TPSA) is 26.3 Å². The van der Waals surface area contributed by atoms with E-state index in [-0.39, 0.29) is 17.3 Å². The molecule has 80 valence electrons. The lowest BCUT2D eigenvalue weighted by molar-refractivity contribution is 0.0949. The van der Waals surface area contributed by atoms with Crippen molar-refractivity contribution in [3.8, 4) is 0 Å². The Morgan fingerprint density at radius 1 is 1.47 bits per heavy atom. The molecule has 0 N–H and O–H groups in total. The van der Waals surface area contributed by atoms with Gasteiger partial charge in [0.2, 0.25) is 0 Å². The maximum atomic E-state index is 13.3. The highest BCUT2D eigenvalue weighted by atomic mass is 19.1. The molecule has 0 spiro atoms. The third kappa shape index (κ3) is 2.42. The van der Waals surface area contributed by atoms with Gasteiger partial charge in [0.25, 0.3) is 0 Å². The summed E-state index contributed by atoms with van der Waals surface area (Å²) in [7, 11) is 0. The van der Waals surface area contributed by atoms with Crippen LogP contribution in [0.5, 0.6) is 0 Å². The van der Waals surface area contributed by atoms with Gasteiger partial charge in [-0.3, -0.25) is 4.79 Å². The minimum Gasteiger partial charge on any atom is -0.381 e. The molecule has 1 aromatic rings. The first-order valence-electron chi connectivity index (χ1n) is 5.13. The third-order valence-electron chi connectivity index (χ3n) is 2.67. The lowest BCUT2D eigenvalue weighted by Crippen LogP contribution is -2.10. The molecule has 3 heteroatoms. The average Bonchev–Trinajstić information content (AvgIpc) is 2.71. The molecule has 0 radical (unpaired) electrons. The van der Waals surface area contributed by atoms with Crippen LogP contribution in [0.25, 0.3) is 0 Å². The summed E-state index contributed by atoms with van der Waals surface area (Å²) >= 11 is 0. The number of Topliss-reactive ketones (excluding diaryl/α,β-unsaturated/α-hetero) is 1. The van der Waals surface area contributed by atoms with Gasteiger partial charge in [-0.05, 0) is 24.5 Å². The van der Waals surface area contributed by atoms with Gasteiger partial charge in [0, 0.05) is 19.6 Å². The number of ketones is 1. The van der Waals surface area contributed by atoms with Gasteiger partial charge in [0.05, 0.1) is 5.56 Å². The van der Waals surface area contributed by atoms with Crippen LogP contribution >= 0.6 is 0 Å². The maximum absolute atomic E-state index is 13.3. The normalized spacial score (nSPS) is 20.5. The van der Waals surface area contributed by atoms with E-state index in [1.54, 1.807) is 12.1 Å². The zero-order chi connectivity index (χ0) is 10.7. The second-order valence-electron chi connectivity index (χ2n) is 3.84. The average molecular weight is 208 g/mol. The SMILES string of the molecule is O=C(CC1CCOC1)c1ccccc1F. The molecule has 0 saturated carbocycles. The Hall–Kier alpha value is -1.22. The molecule has 2 nitrogen and oxygen atoms in total. The Labute approximate surface area is 88.1 Å². The van der Waals surface area contributed by atoms with E-state index >= 15 is 0 Å². The number of benzene rings is 1. The van der Waals surface area contributed by atoms with Gasteiger partial charge in [-0.15, -0.1) is 0 Å². The van der Waals surface area contributed by atoms with Crippen LogP contribution in [-0.2, 0) is 4.74 Å². The predicted octanol–water partition coefficient (Wildman–Crippen LogP) is 2.44. The minimum atomic E-state index is -0.429. The molecule has 1 aliphatic rings. The van der Waals surface area contributed by atoms with Crippen LogP contribution in [0.3, 0.4) is 0 Å². The Kier molecular flexibility index (Phi) is 3.11. The molecule has 0 amide bonds. The molecule has 0 aromatic heterocycles. The molecular weight excluding hydrogens is 195 g/mol. The monoisotopic (exact) mass is 208 g/mol. The van der Waals surface area contributed by atoms with E-state index in [4.69, 9.17) is 4.74 Å². The van der Waals surface area contributed by atoms with Gasteiger partial charge in [-0.25, -0.2) is 4.39 Å².